The van der Waals surface area contributed by atoms with Crippen molar-refractivity contribution in [2.24, 2.45) is 5.41 Å². The summed E-state index contributed by atoms with van der Waals surface area (Å²) < 4.78 is 26.0. The molecular formula is C15H20F2O. The number of halogens is 2. The largest absolute Gasteiger partial charge is 0.390 e. The maximum absolute atomic E-state index is 13.2. The summed E-state index contributed by atoms with van der Waals surface area (Å²) in [6.07, 6.45) is 3.92. The minimum Gasteiger partial charge on any atom is -0.390 e. The lowest BCUT2D eigenvalue weighted by molar-refractivity contribution is -0.0382. The van der Waals surface area contributed by atoms with Gasteiger partial charge in [0.15, 0.2) is 11.6 Å². The van der Waals surface area contributed by atoms with Gasteiger partial charge in [0.25, 0.3) is 0 Å². The number of aliphatic hydroxyl groups is 1. The number of hydrogen-bond donors (Lipinski definition) is 1. The highest BCUT2D eigenvalue weighted by Gasteiger charge is 2.38. The Morgan fingerprint density at radius 3 is 2.50 bits per heavy atom. The minimum atomic E-state index is -0.842. The number of rotatable bonds is 2. The Morgan fingerprint density at radius 2 is 1.89 bits per heavy atom. The predicted molar refractivity (Wildman–Crippen MR) is 67.3 cm³/mol. The normalized spacial score (nSPS) is 27.2. The molecule has 0 heterocycles. The molecular weight excluding hydrogens is 234 g/mol. The molecule has 1 aliphatic rings. The monoisotopic (exact) mass is 254 g/mol. The van der Waals surface area contributed by atoms with Crippen LogP contribution in [0.5, 0.6) is 0 Å². The second kappa shape index (κ2) is 4.61. The highest BCUT2D eigenvalue weighted by Crippen LogP contribution is 2.42. The van der Waals surface area contributed by atoms with Gasteiger partial charge in [0.2, 0.25) is 0 Å². The second-order valence-corrected chi connectivity index (χ2v) is 6.34. The third kappa shape index (κ3) is 3.08. The van der Waals surface area contributed by atoms with Crippen LogP contribution in [0.1, 0.15) is 45.1 Å². The molecule has 0 spiro atoms. The van der Waals surface area contributed by atoms with Gasteiger partial charge in [-0.25, -0.2) is 8.78 Å². The summed E-state index contributed by atoms with van der Waals surface area (Å²) in [6.45, 7) is 4.28. The van der Waals surface area contributed by atoms with Crippen LogP contribution >= 0.6 is 0 Å². The molecule has 0 aliphatic heterocycles. The lowest BCUT2D eigenvalue weighted by atomic mass is 9.68. The fourth-order valence-corrected chi connectivity index (χ4v) is 3.14. The van der Waals surface area contributed by atoms with Gasteiger partial charge >= 0.3 is 0 Å². The van der Waals surface area contributed by atoms with E-state index in [0.29, 0.717) is 18.4 Å². The van der Waals surface area contributed by atoms with Crippen LogP contribution < -0.4 is 0 Å². The van der Waals surface area contributed by atoms with E-state index in [1.54, 1.807) is 6.07 Å². The molecule has 1 atom stereocenters. The first-order chi connectivity index (χ1) is 8.30. The van der Waals surface area contributed by atoms with E-state index >= 15 is 0 Å². The molecule has 0 aromatic heterocycles. The average molecular weight is 254 g/mol. The third-order valence-corrected chi connectivity index (χ3v) is 3.82. The van der Waals surface area contributed by atoms with E-state index in [0.717, 1.165) is 25.3 Å². The van der Waals surface area contributed by atoms with Crippen LogP contribution in [0, 0.1) is 17.0 Å². The molecule has 1 nitrogen and oxygen atoms in total. The molecule has 1 aromatic carbocycles. The van der Waals surface area contributed by atoms with Gasteiger partial charge in [-0.05, 0) is 42.4 Å². The van der Waals surface area contributed by atoms with Gasteiger partial charge in [-0.1, -0.05) is 26.3 Å². The Labute approximate surface area is 107 Å². The predicted octanol–water partition coefficient (Wildman–Crippen LogP) is 3.84. The van der Waals surface area contributed by atoms with Gasteiger partial charge in [0.1, 0.15) is 0 Å². The van der Waals surface area contributed by atoms with Crippen LogP contribution in [-0.2, 0) is 6.42 Å². The molecule has 0 amide bonds. The summed E-state index contributed by atoms with van der Waals surface area (Å²) >= 11 is 0. The third-order valence-electron chi connectivity index (χ3n) is 3.82. The van der Waals surface area contributed by atoms with E-state index in [-0.39, 0.29) is 5.41 Å². The molecule has 1 unspecified atom stereocenters. The van der Waals surface area contributed by atoms with Crippen LogP contribution in [0.15, 0.2) is 18.2 Å². The minimum absolute atomic E-state index is 0.117. The summed E-state index contributed by atoms with van der Waals surface area (Å²) in [5, 5.41) is 10.6. The SMILES string of the molecule is CC1(C)CCCC(O)(Cc2ccc(F)c(F)c2)C1. The molecule has 1 aromatic rings. The maximum atomic E-state index is 13.2. The first-order valence-electron chi connectivity index (χ1n) is 6.46. The van der Waals surface area contributed by atoms with E-state index in [4.69, 9.17) is 0 Å². The lowest BCUT2D eigenvalue weighted by Gasteiger charge is -2.41. The number of hydrogen-bond acceptors (Lipinski definition) is 1. The van der Waals surface area contributed by atoms with Crippen LogP contribution in [0.25, 0.3) is 0 Å². The summed E-state index contributed by atoms with van der Waals surface area (Å²) in [4.78, 5) is 0. The van der Waals surface area contributed by atoms with Crippen molar-refractivity contribution in [2.75, 3.05) is 0 Å². The van der Waals surface area contributed by atoms with Gasteiger partial charge in [0.05, 0.1) is 5.60 Å². The summed E-state index contributed by atoms with van der Waals surface area (Å²) in [6, 6.07) is 3.87. The molecule has 100 valence electrons. The summed E-state index contributed by atoms with van der Waals surface area (Å²) in [5.74, 6) is -1.68. The first-order valence-corrected chi connectivity index (χ1v) is 6.46. The van der Waals surface area contributed by atoms with Crippen molar-refractivity contribution in [1.82, 2.24) is 0 Å². The molecule has 0 saturated heterocycles. The van der Waals surface area contributed by atoms with Crippen molar-refractivity contribution in [3.8, 4) is 0 Å². The number of benzene rings is 1. The Balaban J connectivity index is 2.14. The molecule has 1 N–H and O–H groups in total. The van der Waals surface area contributed by atoms with Crippen LogP contribution in [0.3, 0.4) is 0 Å². The Hall–Kier alpha value is -0.960. The van der Waals surface area contributed by atoms with Crippen molar-refractivity contribution in [3.05, 3.63) is 35.4 Å². The lowest BCUT2D eigenvalue weighted by Crippen LogP contribution is -2.40. The smallest absolute Gasteiger partial charge is 0.159 e. The van der Waals surface area contributed by atoms with Crippen molar-refractivity contribution in [3.63, 3.8) is 0 Å². The van der Waals surface area contributed by atoms with E-state index in [1.807, 2.05) is 0 Å². The second-order valence-electron chi connectivity index (χ2n) is 6.34. The van der Waals surface area contributed by atoms with Crippen LogP contribution in [0.2, 0.25) is 0 Å². The Bertz CT molecular complexity index is 442. The molecule has 0 radical (unpaired) electrons. The maximum Gasteiger partial charge on any atom is 0.159 e. The summed E-state index contributed by atoms with van der Waals surface area (Å²) in [5.41, 5.74) is -0.00785. The van der Waals surface area contributed by atoms with Gasteiger partial charge in [0, 0.05) is 6.42 Å². The molecule has 18 heavy (non-hydrogen) atoms. The standard InChI is InChI=1S/C15H20F2O/c1-14(2)6-3-7-15(18,10-14)9-11-4-5-12(16)13(17)8-11/h4-5,8,18H,3,6-7,9-10H2,1-2H3. The van der Waals surface area contributed by atoms with E-state index in [9.17, 15) is 13.9 Å². The van der Waals surface area contributed by atoms with E-state index in [1.165, 1.54) is 6.07 Å². The Morgan fingerprint density at radius 1 is 1.17 bits per heavy atom. The van der Waals surface area contributed by atoms with E-state index in [2.05, 4.69) is 13.8 Å². The topological polar surface area (TPSA) is 20.2 Å². The molecule has 1 aliphatic carbocycles. The fraction of sp³-hybridized carbons (Fsp3) is 0.600. The van der Waals surface area contributed by atoms with Crippen LogP contribution in [0.4, 0.5) is 8.78 Å². The first kappa shape index (κ1) is 13.5. The molecule has 1 saturated carbocycles. The van der Waals surface area contributed by atoms with Gasteiger partial charge < -0.3 is 5.11 Å². The Kier molecular flexibility index (Phi) is 3.45. The van der Waals surface area contributed by atoms with Gasteiger partial charge in [-0.2, -0.15) is 0 Å². The van der Waals surface area contributed by atoms with Crippen molar-refractivity contribution >= 4 is 0 Å². The molecule has 1 fully saturated rings. The van der Waals surface area contributed by atoms with Crippen molar-refractivity contribution < 1.29 is 13.9 Å². The van der Waals surface area contributed by atoms with E-state index < -0.39 is 17.2 Å². The van der Waals surface area contributed by atoms with Crippen molar-refractivity contribution in [2.45, 2.75) is 51.6 Å². The molecule has 2 rings (SSSR count). The zero-order valence-electron chi connectivity index (χ0n) is 11.0. The van der Waals surface area contributed by atoms with Crippen molar-refractivity contribution in [1.29, 1.82) is 0 Å². The fourth-order valence-electron chi connectivity index (χ4n) is 3.14. The van der Waals surface area contributed by atoms with Gasteiger partial charge in [-0.15, -0.1) is 0 Å². The highest BCUT2D eigenvalue weighted by atomic mass is 19.2. The molecule has 0 bridgehead atoms. The zero-order chi connectivity index (χ0) is 13.4. The average Bonchev–Trinajstić information content (AvgIpc) is 2.21. The highest BCUT2D eigenvalue weighted by molar-refractivity contribution is 5.20. The van der Waals surface area contributed by atoms with Gasteiger partial charge in [-0.3, -0.25) is 0 Å². The molecule has 3 heteroatoms. The summed E-state index contributed by atoms with van der Waals surface area (Å²) in [7, 11) is 0. The zero-order valence-corrected chi connectivity index (χ0v) is 11.0. The van der Waals surface area contributed by atoms with Crippen LogP contribution in [-0.4, -0.2) is 10.7 Å². The quantitative estimate of drug-likeness (QED) is 0.850.